The first-order valence-electron chi connectivity index (χ1n) is 11.2. The number of aromatic nitrogens is 2. The number of H-pyrrole nitrogens is 1. The minimum absolute atomic E-state index is 0.0321. The first-order chi connectivity index (χ1) is 16.0. The molecule has 0 spiro atoms. The second kappa shape index (κ2) is 11.2. The van der Waals surface area contributed by atoms with Gasteiger partial charge in [-0.15, -0.1) is 0 Å². The summed E-state index contributed by atoms with van der Waals surface area (Å²) in [7, 11) is 0. The van der Waals surface area contributed by atoms with Crippen LogP contribution in [0, 0.1) is 0 Å². The number of carbonyl (C=O) groups excluding carboxylic acids is 1. The number of furan rings is 1. The zero-order chi connectivity index (χ0) is 23.8. The Morgan fingerprint density at radius 1 is 1.12 bits per heavy atom. The lowest BCUT2D eigenvalue weighted by Gasteiger charge is -2.24. The van der Waals surface area contributed by atoms with Crippen LogP contribution in [0.5, 0.6) is 5.75 Å². The maximum atomic E-state index is 13.5. The first-order valence-corrected chi connectivity index (χ1v) is 11.2. The highest BCUT2D eigenvalue weighted by molar-refractivity contribution is 6.06. The van der Waals surface area contributed by atoms with Crippen LogP contribution < -0.4 is 26.6 Å². The summed E-state index contributed by atoms with van der Waals surface area (Å²) in [6, 6.07) is 10.9. The number of carbonyl (C=O) groups is 1. The minimum Gasteiger partial charge on any atom is -0.489 e. The van der Waals surface area contributed by atoms with Crippen molar-refractivity contribution in [1.29, 1.82) is 0 Å². The van der Waals surface area contributed by atoms with Gasteiger partial charge in [0.25, 0.3) is 11.5 Å². The van der Waals surface area contributed by atoms with Crippen molar-refractivity contribution >= 4 is 17.4 Å². The van der Waals surface area contributed by atoms with Gasteiger partial charge in [-0.1, -0.05) is 44.9 Å². The van der Waals surface area contributed by atoms with Gasteiger partial charge in [-0.25, -0.2) is 4.79 Å². The summed E-state index contributed by atoms with van der Waals surface area (Å²) in [5, 5.41) is 0. The van der Waals surface area contributed by atoms with Crippen LogP contribution in [0.4, 0.5) is 11.5 Å². The van der Waals surface area contributed by atoms with Gasteiger partial charge in [0.15, 0.2) is 11.4 Å². The third-order valence-electron chi connectivity index (χ3n) is 5.28. The van der Waals surface area contributed by atoms with Gasteiger partial charge in [-0.2, -0.15) is 0 Å². The van der Waals surface area contributed by atoms with Gasteiger partial charge in [0.1, 0.15) is 18.2 Å². The molecule has 0 saturated carbocycles. The number of nitrogen functional groups attached to an aromatic ring is 1. The molecule has 0 aliphatic carbocycles. The summed E-state index contributed by atoms with van der Waals surface area (Å²) in [4.78, 5) is 42.2. The van der Waals surface area contributed by atoms with E-state index in [4.69, 9.17) is 14.9 Å². The van der Waals surface area contributed by atoms with Crippen molar-refractivity contribution < 1.29 is 13.9 Å². The van der Waals surface area contributed by atoms with Crippen LogP contribution in [-0.2, 0) is 13.2 Å². The fourth-order valence-electron chi connectivity index (χ4n) is 3.44. The van der Waals surface area contributed by atoms with Gasteiger partial charge >= 0.3 is 5.69 Å². The molecule has 0 aliphatic heterocycles. The van der Waals surface area contributed by atoms with Gasteiger partial charge in [-0.3, -0.25) is 24.0 Å². The molecular formula is C24H30N4O5. The SMILES string of the molecule is CCCCN(C(=O)c1occc1COc1ccccc1)c1c(N)n(CCCC)c(=O)[nH]c1=O. The fourth-order valence-corrected chi connectivity index (χ4v) is 3.44. The smallest absolute Gasteiger partial charge is 0.330 e. The van der Waals surface area contributed by atoms with E-state index in [1.807, 2.05) is 44.2 Å². The number of aromatic amines is 1. The molecule has 0 bridgehead atoms. The molecule has 1 aromatic carbocycles. The molecule has 9 heteroatoms. The average molecular weight is 455 g/mol. The Morgan fingerprint density at radius 3 is 2.55 bits per heavy atom. The number of nitrogens with one attached hydrogen (secondary N) is 1. The van der Waals surface area contributed by atoms with E-state index in [1.165, 1.54) is 15.7 Å². The molecule has 0 saturated heterocycles. The van der Waals surface area contributed by atoms with Crippen molar-refractivity contribution in [3.8, 4) is 5.75 Å². The molecule has 3 N–H and O–H groups in total. The third-order valence-corrected chi connectivity index (χ3v) is 5.28. The van der Waals surface area contributed by atoms with Crippen LogP contribution in [0.15, 0.2) is 56.7 Å². The number of ether oxygens (including phenoxy) is 1. The molecule has 1 amide bonds. The number of amides is 1. The number of hydrogen-bond acceptors (Lipinski definition) is 6. The summed E-state index contributed by atoms with van der Waals surface area (Å²) >= 11 is 0. The molecule has 2 heterocycles. The maximum absolute atomic E-state index is 13.5. The Bertz CT molecular complexity index is 1180. The van der Waals surface area contributed by atoms with Crippen LogP contribution >= 0.6 is 0 Å². The molecule has 0 aliphatic rings. The number of nitrogens with zero attached hydrogens (tertiary/aromatic N) is 2. The molecular weight excluding hydrogens is 424 g/mol. The number of para-hydroxylation sites is 1. The zero-order valence-corrected chi connectivity index (χ0v) is 19.0. The number of hydrogen-bond donors (Lipinski definition) is 2. The predicted octanol–water partition coefficient (Wildman–Crippen LogP) is 3.54. The van der Waals surface area contributed by atoms with Gasteiger partial charge in [0, 0.05) is 18.7 Å². The van der Waals surface area contributed by atoms with Crippen molar-refractivity contribution in [2.24, 2.45) is 0 Å². The lowest BCUT2D eigenvalue weighted by Crippen LogP contribution is -2.41. The lowest BCUT2D eigenvalue weighted by molar-refractivity contribution is 0.0956. The minimum atomic E-state index is -0.705. The first kappa shape index (κ1) is 23.9. The summed E-state index contributed by atoms with van der Waals surface area (Å²) in [5.74, 6) is 0.170. The lowest BCUT2D eigenvalue weighted by atomic mass is 10.2. The van der Waals surface area contributed by atoms with E-state index in [2.05, 4.69) is 4.98 Å². The van der Waals surface area contributed by atoms with Crippen LogP contribution in [0.2, 0.25) is 0 Å². The second-order valence-electron chi connectivity index (χ2n) is 7.69. The number of nitrogens with two attached hydrogens (primary N) is 1. The van der Waals surface area contributed by atoms with Crippen molar-refractivity contribution in [3.63, 3.8) is 0 Å². The maximum Gasteiger partial charge on any atom is 0.330 e. The fraction of sp³-hybridized carbons (Fsp3) is 0.375. The van der Waals surface area contributed by atoms with Crippen LogP contribution in [-0.4, -0.2) is 22.0 Å². The van der Waals surface area contributed by atoms with E-state index in [0.29, 0.717) is 30.7 Å². The van der Waals surface area contributed by atoms with Crippen molar-refractivity contribution in [1.82, 2.24) is 9.55 Å². The largest absolute Gasteiger partial charge is 0.489 e. The monoisotopic (exact) mass is 454 g/mol. The standard InChI is InChI=1S/C24H30N4O5/c1-3-5-13-27(19-21(25)28(14-6-4-2)24(31)26-22(19)29)23(30)20-17(12-15-32-20)16-33-18-10-8-7-9-11-18/h7-12,15H,3-6,13-14,16,25H2,1-2H3,(H,26,29,31). The normalized spacial score (nSPS) is 10.8. The number of benzene rings is 1. The van der Waals surface area contributed by atoms with Crippen LogP contribution in [0.25, 0.3) is 0 Å². The Hall–Kier alpha value is -3.75. The zero-order valence-electron chi connectivity index (χ0n) is 19.0. The topological polar surface area (TPSA) is 124 Å². The molecule has 0 radical (unpaired) electrons. The van der Waals surface area contributed by atoms with Gasteiger partial charge in [0.2, 0.25) is 0 Å². The summed E-state index contributed by atoms with van der Waals surface area (Å²) in [6.45, 7) is 4.67. The van der Waals surface area contributed by atoms with E-state index in [9.17, 15) is 14.4 Å². The van der Waals surface area contributed by atoms with E-state index in [-0.39, 0.29) is 30.4 Å². The summed E-state index contributed by atoms with van der Waals surface area (Å²) in [6.07, 6.45) is 4.38. The molecule has 0 atom stereocenters. The highest BCUT2D eigenvalue weighted by atomic mass is 16.5. The Morgan fingerprint density at radius 2 is 1.85 bits per heavy atom. The van der Waals surface area contributed by atoms with Crippen molar-refractivity contribution in [2.45, 2.75) is 52.7 Å². The number of rotatable bonds is 11. The summed E-state index contributed by atoms with van der Waals surface area (Å²) < 4.78 is 12.6. The highest BCUT2D eigenvalue weighted by Crippen LogP contribution is 2.23. The van der Waals surface area contributed by atoms with Crippen LogP contribution in [0.1, 0.15) is 55.6 Å². The summed E-state index contributed by atoms with van der Waals surface area (Å²) in [5.41, 5.74) is 5.46. The molecule has 33 heavy (non-hydrogen) atoms. The average Bonchev–Trinajstić information content (AvgIpc) is 3.28. The molecule has 3 rings (SSSR count). The Labute approximate surface area is 191 Å². The highest BCUT2D eigenvalue weighted by Gasteiger charge is 2.28. The number of anilines is 2. The predicted molar refractivity (Wildman–Crippen MR) is 127 cm³/mol. The quantitative estimate of drug-likeness (QED) is 0.457. The Balaban J connectivity index is 1.96. The van der Waals surface area contributed by atoms with E-state index in [1.54, 1.807) is 6.07 Å². The van der Waals surface area contributed by atoms with Crippen molar-refractivity contribution in [2.75, 3.05) is 17.2 Å². The molecule has 2 aromatic heterocycles. The molecule has 0 fully saturated rings. The van der Waals surface area contributed by atoms with Gasteiger partial charge in [0.05, 0.1) is 6.26 Å². The Kier molecular flexibility index (Phi) is 8.12. The van der Waals surface area contributed by atoms with E-state index < -0.39 is 17.2 Å². The van der Waals surface area contributed by atoms with E-state index in [0.717, 1.165) is 12.8 Å². The third kappa shape index (κ3) is 5.54. The van der Waals surface area contributed by atoms with Gasteiger partial charge in [-0.05, 0) is 31.0 Å². The molecule has 176 valence electrons. The molecule has 3 aromatic rings. The second-order valence-corrected chi connectivity index (χ2v) is 7.69. The van der Waals surface area contributed by atoms with E-state index >= 15 is 0 Å². The number of unbranched alkanes of at least 4 members (excludes halogenated alkanes) is 2. The molecule has 0 unspecified atom stereocenters. The van der Waals surface area contributed by atoms with Crippen LogP contribution in [0.3, 0.4) is 0 Å². The van der Waals surface area contributed by atoms with Crippen molar-refractivity contribution in [3.05, 3.63) is 74.8 Å². The van der Waals surface area contributed by atoms with Gasteiger partial charge < -0.3 is 14.9 Å². The molecule has 9 nitrogen and oxygen atoms in total.